The zero-order valence-electron chi connectivity index (χ0n) is 17.6. The maximum atomic E-state index is 13.1. The van der Waals surface area contributed by atoms with E-state index in [4.69, 9.17) is 11.5 Å². The lowest BCUT2D eigenvalue weighted by atomic mass is 10.0. The number of nitrogens with zero attached hydrogens (tertiary/aromatic N) is 4. The van der Waals surface area contributed by atoms with Gasteiger partial charge in [0, 0.05) is 31.2 Å². The first kappa shape index (κ1) is 21.3. The molecule has 0 saturated carbocycles. The van der Waals surface area contributed by atoms with Crippen LogP contribution in [0.25, 0.3) is 0 Å². The number of fused-ring (bicyclic) bond motifs is 2. The van der Waals surface area contributed by atoms with Gasteiger partial charge in [0.05, 0.1) is 24.2 Å². The molecule has 3 fully saturated rings. The van der Waals surface area contributed by atoms with Gasteiger partial charge in [-0.15, -0.1) is 0 Å². The maximum absolute atomic E-state index is 13.1. The number of carbonyl (C=O) groups is 3. The monoisotopic (exact) mass is 424 g/mol. The van der Waals surface area contributed by atoms with Crippen LogP contribution in [0.4, 0.5) is 0 Å². The number of hydrogen-bond acceptors (Lipinski definition) is 6. The Bertz CT molecular complexity index is 943. The number of primary amides is 1. The summed E-state index contributed by atoms with van der Waals surface area (Å²) in [4.78, 5) is 42.8. The van der Waals surface area contributed by atoms with Crippen LogP contribution in [0.5, 0.6) is 0 Å². The third kappa shape index (κ3) is 3.77. The Morgan fingerprint density at radius 2 is 2.13 bits per heavy atom. The summed E-state index contributed by atoms with van der Waals surface area (Å²) in [5, 5.41) is 9.22. The van der Waals surface area contributed by atoms with E-state index in [-0.39, 0.29) is 29.9 Å². The Labute approximate surface area is 181 Å². The highest BCUT2D eigenvalue weighted by Gasteiger charge is 2.51. The Kier molecular flexibility index (Phi) is 5.69. The molecule has 0 aliphatic carbocycles. The van der Waals surface area contributed by atoms with Gasteiger partial charge in [0.1, 0.15) is 6.04 Å². The van der Waals surface area contributed by atoms with Crippen molar-refractivity contribution < 1.29 is 14.4 Å². The first-order valence-electron chi connectivity index (χ1n) is 10.7. The van der Waals surface area contributed by atoms with Crippen molar-refractivity contribution in [2.24, 2.45) is 11.5 Å². The highest BCUT2D eigenvalue weighted by atomic mass is 16.2. The van der Waals surface area contributed by atoms with Crippen molar-refractivity contribution in [3.63, 3.8) is 0 Å². The second-order valence-corrected chi connectivity index (χ2v) is 8.70. The lowest BCUT2D eigenvalue weighted by molar-refractivity contribution is -0.140. The Hall–Kier alpha value is -2.96. The summed E-state index contributed by atoms with van der Waals surface area (Å²) in [5.41, 5.74) is 12.9. The number of benzene rings is 1. The minimum absolute atomic E-state index is 0.0175. The SMILES string of the molecule is CC(c1cccc(C(N)=O)c1)N1C(=O)[C@@H]2CC1CN2CC(N)C(=O)N1CCCC1C#N. The molecule has 4 unspecified atom stereocenters. The molecule has 3 saturated heterocycles. The van der Waals surface area contributed by atoms with E-state index in [1.165, 1.54) is 0 Å². The zero-order valence-corrected chi connectivity index (χ0v) is 17.6. The van der Waals surface area contributed by atoms with E-state index in [2.05, 4.69) is 6.07 Å². The molecule has 3 aliphatic heterocycles. The van der Waals surface area contributed by atoms with E-state index >= 15 is 0 Å². The molecule has 3 amide bonds. The zero-order chi connectivity index (χ0) is 22.3. The molecule has 164 valence electrons. The number of piperazine rings is 1. The first-order valence-corrected chi connectivity index (χ1v) is 10.7. The van der Waals surface area contributed by atoms with Crippen LogP contribution in [0.1, 0.15) is 48.1 Å². The molecule has 0 radical (unpaired) electrons. The van der Waals surface area contributed by atoms with E-state index < -0.39 is 18.0 Å². The lowest BCUT2D eigenvalue weighted by Crippen LogP contribution is -2.56. The van der Waals surface area contributed by atoms with Crippen molar-refractivity contribution in [3.05, 3.63) is 35.4 Å². The summed E-state index contributed by atoms with van der Waals surface area (Å²) in [7, 11) is 0. The highest BCUT2D eigenvalue weighted by Crippen LogP contribution is 2.38. The van der Waals surface area contributed by atoms with Gasteiger partial charge in [0.2, 0.25) is 17.7 Å². The lowest BCUT2D eigenvalue weighted by Gasteiger charge is -2.38. The fourth-order valence-corrected chi connectivity index (χ4v) is 5.22. The van der Waals surface area contributed by atoms with Gasteiger partial charge in [0.25, 0.3) is 0 Å². The topological polar surface area (TPSA) is 137 Å². The summed E-state index contributed by atoms with van der Waals surface area (Å²) in [5.74, 6) is -0.693. The Morgan fingerprint density at radius 3 is 2.81 bits per heavy atom. The number of amides is 3. The van der Waals surface area contributed by atoms with Crippen LogP contribution >= 0.6 is 0 Å². The van der Waals surface area contributed by atoms with Gasteiger partial charge in [-0.2, -0.15) is 5.26 Å². The molecule has 1 aromatic rings. The summed E-state index contributed by atoms with van der Waals surface area (Å²) in [6, 6.07) is 7.64. The van der Waals surface area contributed by atoms with Crippen LogP contribution in [0, 0.1) is 11.3 Å². The fraction of sp³-hybridized carbons (Fsp3) is 0.545. The number of nitrogens with two attached hydrogens (primary N) is 2. The molecule has 3 heterocycles. The molecule has 9 nitrogen and oxygen atoms in total. The molecule has 9 heteroatoms. The molecule has 4 rings (SSSR count). The summed E-state index contributed by atoms with van der Waals surface area (Å²) >= 11 is 0. The van der Waals surface area contributed by atoms with E-state index in [1.54, 1.807) is 23.1 Å². The second-order valence-electron chi connectivity index (χ2n) is 8.70. The number of carbonyl (C=O) groups excluding carboxylic acids is 3. The van der Waals surface area contributed by atoms with Gasteiger partial charge in [-0.25, -0.2) is 0 Å². The summed E-state index contributed by atoms with van der Waals surface area (Å²) in [6.07, 6.45) is 2.20. The standard InChI is InChI=1S/C22H28N6O3/c1-13(14-4-2-5-15(8-14)20(25)29)28-17-9-19(22(28)31)26(11-17)12-18(24)21(30)27-7-3-6-16(27)10-23/h2,4-5,8,13,16-19H,3,6-7,9,11-12,24H2,1H3,(H2,25,29)/t13?,16?,17?,18?,19-/m0/s1. The number of rotatable bonds is 6. The number of hydrogen-bond donors (Lipinski definition) is 2. The third-order valence-corrected chi connectivity index (χ3v) is 6.82. The van der Waals surface area contributed by atoms with Crippen molar-refractivity contribution in [2.75, 3.05) is 19.6 Å². The second kappa shape index (κ2) is 8.29. The van der Waals surface area contributed by atoms with Crippen LogP contribution in [0.3, 0.4) is 0 Å². The molecule has 0 aromatic heterocycles. The van der Waals surface area contributed by atoms with Crippen LogP contribution in [0.15, 0.2) is 24.3 Å². The smallest absolute Gasteiger partial charge is 0.248 e. The molecule has 5 atom stereocenters. The van der Waals surface area contributed by atoms with Crippen molar-refractivity contribution in [3.8, 4) is 6.07 Å². The summed E-state index contributed by atoms with van der Waals surface area (Å²) in [6.45, 7) is 3.47. The Balaban J connectivity index is 1.41. The largest absolute Gasteiger partial charge is 0.366 e. The molecule has 4 N–H and O–H groups in total. The van der Waals surface area contributed by atoms with E-state index in [0.29, 0.717) is 38.0 Å². The van der Waals surface area contributed by atoms with Gasteiger partial charge >= 0.3 is 0 Å². The molecule has 31 heavy (non-hydrogen) atoms. The quantitative estimate of drug-likeness (QED) is 0.658. The van der Waals surface area contributed by atoms with Crippen LogP contribution in [-0.2, 0) is 9.59 Å². The van der Waals surface area contributed by atoms with Crippen molar-refractivity contribution in [1.29, 1.82) is 5.26 Å². The van der Waals surface area contributed by atoms with E-state index in [9.17, 15) is 19.6 Å². The van der Waals surface area contributed by atoms with E-state index in [1.807, 2.05) is 22.8 Å². The van der Waals surface area contributed by atoms with Gasteiger partial charge < -0.3 is 21.3 Å². The summed E-state index contributed by atoms with van der Waals surface area (Å²) < 4.78 is 0. The molecule has 2 bridgehead atoms. The van der Waals surface area contributed by atoms with Crippen LogP contribution in [0.2, 0.25) is 0 Å². The predicted molar refractivity (Wildman–Crippen MR) is 112 cm³/mol. The van der Waals surface area contributed by atoms with Gasteiger partial charge in [-0.3, -0.25) is 19.3 Å². The normalized spacial score (nSPS) is 27.4. The molecular weight excluding hydrogens is 396 g/mol. The van der Waals surface area contributed by atoms with Crippen molar-refractivity contribution in [1.82, 2.24) is 14.7 Å². The molecule has 3 aliphatic rings. The van der Waals surface area contributed by atoms with E-state index in [0.717, 1.165) is 12.0 Å². The average molecular weight is 425 g/mol. The van der Waals surface area contributed by atoms with Crippen LogP contribution < -0.4 is 11.5 Å². The fourth-order valence-electron chi connectivity index (χ4n) is 5.22. The van der Waals surface area contributed by atoms with Crippen LogP contribution in [-0.4, -0.2) is 76.2 Å². The molecule has 1 aromatic carbocycles. The minimum atomic E-state index is -0.751. The Morgan fingerprint density at radius 1 is 1.35 bits per heavy atom. The van der Waals surface area contributed by atoms with Crippen molar-refractivity contribution >= 4 is 17.7 Å². The average Bonchev–Trinajstić information content (AvgIpc) is 3.47. The van der Waals surface area contributed by atoms with Gasteiger partial charge in [-0.1, -0.05) is 12.1 Å². The predicted octanol–water partition coefficient (Wildman–Crippen LogP) is -0.0265. The highest BCUT2D eigenvalue weighted by molar-refractivity contribution is 5.93. The van der Waals surface area contributed by atoms with Gasteiger partial charge in [-0.05, 0) is 43.9 Å². The number of likely N-dealkylation sites (tertiary alicyclic amines) is 3. The number of nitriles is 1. The third-order valence-electron chi connectivity index (χ3n) is 6.82. The first-order chi connectivity index (χ1) is 14.8. The van der Waals surface area contributed by atoms with Crippen molar-refractivity contribution in [2.45, 2.75) is 56.4 Å². The molecular formula is C22H28N6O3. The minimum Gasteiger partial charge on any atom is -0.366 e. The molecule has 0 spiro atoms. The van der Waals surface area contributed by atoms with Gasteiger partial charge in [0.15, 0.2) is 0 Å². The maximum Gasteiger partial charge on any atom is 0.248 e.